The molecule has 5 nitrogen and oxygen atoms in total. The fourth-order valence-electron chi connectivity index (χ4n) is 3.54. The number of sulfonamides is 1. The van der Waals surface area contributed by atoms with E-state index in [0.717, 1.165) is 21.3 Å². The van der Waals surface area contributed by atoms with Gasteiger partial charge in [-0.25, -0.2) is 8.42 Å². The Morgan fingerprint density at radius 3 is 2.38 bits per heavy atom. The zero-order chi connectivity index (χ0) is 20.6. The lowest BCUT2D eigenvalue weighted by Crippen LogP contribution is -2.42. The zero-order valence-electron chi connectivity index (χ0n) is 16.2. The van der Waals surface area contributed by atoms with Gasteiger partial charge in [-0.05, 0) is 51.3 Å². The van der Waals surface area contributed by atoms with Crippen LogP contribution >= 0.6 is 15.9 Å². The third-order valence-electron chi connectivity index (χ3n) is 5.00. The molecule has 1 atom stereocenters. The Morgan fingerprint density at radius 1 is 1.00 bits per heavy atom. The molecule has 29 heavy (non-hydrogen) atoms. The van der Waals surface area contributed by atoms with Crippen molar-refractivity contribution >= 4 is 37.3 Å². The summed E-state index contributed by atoms with van der Waals surface area (Å²) in [4.78, 5) is 2.31. The van der Waals surface area contributed by atoms with Crippen LogP contribution in [0.3, 0.4) is 0 Å². The predicted molar refractivity (Wildman–Crippen MR) is 120 cm³/mol. The second kappa shape index (κ2) is 7.82. The molecule has 0 amide bonds. The Morgan fingerprint density at radius 2 is 1.69 bits per heavy atom. The molecule has 1 heterocycles. The lowest BCUT2D eigenvalue weighted by Gasteiger charge is -2.37. The van der Waals surface area contributed by atoms with Crippen molar-refractivity contribution in [2.75, 3.05) is 24.3 Å². The monoisotopic (exact) mass is 471 g/mol. The number of hydrogen-bond donors (Lipinski definition) is 1. The molecule has 7 heteroatoms. The van der Waals surface area contributed by atoms with Crippen molar-refractivity contribution in [3.63, 3.8) is 0 Å². The highest BCUT2D eigenvalue weighted by molar-refractivity contribution is 9.10. The summed E-state index contributed by atoms with van der Waals surface area (Å²) in [5.74, 6) is 0. The van der Waals surface area contributed by atoms with E-state index in [4.69, 9.17) is 0 Å². The second-order valence-corrected chi connectivity index (χ2v) is 9.90. The van der Waals surface area contributed by atoms with E-state index in [1.807, 2.05) is 79.7 Å². The Hall–Kier alpha value is -2.35. The van der Waals surface area contributed by atoms with Crippen LogP contribution in [0.4, 0.5) is 11.4 Å². The van der Waals surface area contributed by atoms with E-state index in [-0.39, 0.29) is 6.54 Å². The molecule has 0 aromatic heterocycles. The van der Waals surface area contributed by atoms with Gasteiger partial charge in [0.1, 0.15) is 11.1 Å². The van der Waals surface area contributed by atoms with Crippen molar-refractivity contribution < 1.29 is 8.42 Å². The summed E-state index contributed by atoms with van der Waals surface area (Å²) >= 11 is 3.62. The Balaban J connectivity index is 1.83. The lowest BCUT2D eigenvalue weighted by atomic mass is 10.1. The van der Waals surface area contributed by atoms with Crippen LogP contribution in [0.25, 0.3) is 0 Å². The summed E-state index contributed by atoms with van der Waals surface area (Å²) in [6.07, 6.45) is -0.511. The largest absolute Gasteiger partial charge is 0.377 e. The van der Waals surface area contributed by atoms with Crippen LogP contribution in [0.1, 0.15) is 17.3 Å². The molecule has 0 aliphatic carbocycles. The number of nitrogens with one attached hydrogen (secondary N) is 1. The molecule has 1 N–H and O–H groups in total. The van der Waals surface area contributed by atoms with Crippen LogP contribution in [-0.2, 0) is 16.6 Å². The molecule has 0 radical (unpaired) electrons. The predicted octanol–water partition coefficient (Wildman–Crippen LogP) is 4.83. The van der Waals surface area contributed by atoms with E-state index in [9.17, 15) is 8.42 Å². The highest BCUT2D eigenvalue weighted by Crippen LogP contribution is 2.40. The number of fused-ring (bicyclic) bond motifs is 1. The average molecular weight is 472 g/mol. The number of halogens is 1. The number of nitrogens with zero attached hydrogens (tertiary/aromatic N) is 2. The van der Waals surface area contributed by atoms with E-state index in [1.165, 1.54) is 4.31 Å². The molecule has 1 aliphatic heterocycles. The van der Waals surface area contributed by atoms with Crippen LogP contribution in [0, 0.1) is 0 Å². The number of rotatable bonds is 4. The van der Waals surface area contributed by atoms with Crippen LogP contribution in [-0.4, -0.2) is 26.8 Å². The minimum absolute atomic E-state index is 0.280. The van der Waals surface area contributed by atoms with Crippen LogP contribution in [0.5, 0.6) is 0 Å². The van der Waals surface area contributed by atoms with Gasteiger partial charge in [-0.3, -0.25) is 0 Å². The van der Waals surface area contributed by atoms with Crippen molar-refractivity contribution in [3.05, 3.63) is 88.4 Å². The minimum atomic E-state index is -3.67. The first kappa shape index (κ1) is 19.9. The molecule has 1 aliphatic rings. The summed E-state index contributed by atoms with van der Waals surface area (Å²) in [5.41, 5.74) is 3.46. The first-order chi connectivity index (χ1) is 13.9. The SMILES string of the molecule is CN(C)c1ccc(C2Nc3ccccc3S(=O)(=O)N2Cc2ccccc2)cc1Br. The van der Waals surface area contributed by atoms with Gasteiger partial charge in [0.2, 0.25) is 10.0 Å². The first-order valence-corrected chi connectivity index (χ1v) is 11.5. The number of benzene rings is 3. The van der Waals surface area contributed by atoms with Crippen molar-refractivity contribution in [3.8, 4) is 0 Å². The molecule has 0 saturated heterocycles. The van der Waals surface area contributed by atoms with Gasteiger partial charge in [-0.15, -0.1) is 0 Å². The fraction of sp³-hybridized carbons (Fsp3) is 0.182. The molecule has 0 spiro atoms. The molecule has 0 bridgehead atoms. The van der Waals surface area contributed by atoms with Gasteiger partial charge in [0.15, 0.2) is 0 Å². The Kier molecular flexibility index (Phi) is 5.38. The summed E-state index contributed by atoms with van der Waals surface area (Å²) in [6, 6.07) is 22.7. The molecule has 1 unspecified atom stereocenters. The average Bonchev–Trinajstić information content (AvgIpc) is 2.70. The third-order valence-corrected chi connectivity index (χ3v) is 7.51. The summed E-state index contributed by atoms with van der Waals surface area (Å²) in [6.45, 7) is 0.280. The topological polar surface area (TPSA) is 52.7 Å². The van der Waals surface area contributed by atoms with Crippen LogP contribution in [0.2, 0.25) is 0 Å². The summed E-state index contributed by atoms with van der Waals surface area (Å²) in [7, 11) is 0.274. The van der Waals surface area contributed by atoms with Crippen molar-refractivity contribution in [1.29, 1.82) is 0 Å². The van der Waals surface area contributed by atoms with Crippen LogP contribution < -0.4 is 10.2 Å². The zero-order valence-corrected chi connectivity index (χ0v) is 18.6. The standard InChI is InChI=1S/C22H22BrN3O2S/c1-25(2)20-13-12-17(14-18(20)23)22-24-19-10-6-7-11-21(19)29(27,28)26(22)15-16-8-4-3-5-9-16/h3-14,22,24H,15H2,1-2H3. The highest BCUT2D eigenvalue weighted by Gasteiger charge is 2.39. The fourth-order valence-corrected chi connectivity index (χ4v) is 5.97. The lowest BCUT2D eigenvalue weighted by molar-refractivity contribution is 0.336. The molecule has 3 aromatic carbocycles. The third kappa shape index (κ3) is 3.77. The maximum absolute atomic E-state index is 13.5. The second-order valence-electron chi connectivity index (χ2n) is 7.18. The van der Waals surface area contributed by atoms with E-state index in [0.29, 0.717) is 10.6 Å². The van der Waals surface area contributed by atoms with E-state index >= 15 is 0 Å². The maximum Gasteiger partial charge on any atom is 0.247 e. The normalized spacial score (nSPS) is 18.0. The van der Waals surface area contributed by atoms with Crippen molar-refractivity contribution in [2.45, 2.75) is 17.6 Å². The van der Waals surface area contributed by atoms with Crippen LogP contribution in [0.15, 0.2) is 82.2 Å². The molecular formula is C22H22BrN3O2S. The maximum atomic E-state index is 13.5. The van der Waals surface area contributed by atoms with Gasteiger partial charge >= 0.3 is 0 Å². The first-order valence-electron chi connectivity index (χ1n) is 9.26. The molecule has 0 saturated carbocycles. The van der Waals surface area contributed by atoms with E-state index in [1.54, 1.807) is 12.1 Å². The van der Waals surface area contributed by atoms with Gasteiger partial charge < -0.3 is 10.2 Å². The van der Waals surface area contributed by atoms with Crippen molar-refractivity contribution in [1.82, 2.24) is 4.31 Å². The molecule has 3 aromatic rings. The number of anilines is 2. The molecule has 150 valence electrons. The Labute approximate surface area is 180 Å². The minimum Gasteiger partial charge on any atom is -0.377 e. The van der Waals surface area contributed by atoms with Gasteiger partial charge in [0, 0.05) is 25.1 Å². The van der Waals surface area contributed by atoms with E-state index < -0.39 is 16.2 Å². The van der Waals surface area contributed by atoms with Gasteiger partial charge in [0.05, 0.1) is 11.4 Å². The van der Waals surface area contributed by atoms with Crippen molar-refractivity contribution in [2.24, 2.45) is 0 Å². The molecule has 4 rings (SSSR count). The summed E-state index contributed by atoms with van der Waals surface area (Å²) < 4.78 is 29.5. The van der Waals surface area contributed by atoms with Gasteiger partial charge in [-0.2, -0.15) is 4.31 Å². The number of para-hydroxylation sites is 1. The number of hydrogen-bond acceptors (Lipinski definition) is 4. The summed E-state index contributed by atoms with van der Waals surface area (Å²) in [5, 5.41) is 3.43. The molecule has 0 fully saturated rings. The quantitative estimate of drug-likeness (QED) is 0.591. The van der Waals surface area contributed by atoms with Gasteiger partial charge in [0.25, 0.3) is 0 Å². The van der Waals surface area contributed by atoms with E-state index in [2.05, 4.69) is 21.2 Å². The highest BCUT2D eigenvalue weighted by atomic mass is 79.9. The molecular weight excluding hydrogens is 450 g/mol. The smallest absolute Gasteiger partial charge is 0.247 e. The Bertz CT molecular complexity index is 1130. The van der Waals surface area contributed by atoms with Gasteiger partial charge in [-0.1, -0.05) is 48.5 Å².